The van der Waals surface area contributed by atoms with Crippen LogP contribution in [0, 0.1) is 0 Å². The molecule has 24 heavy (non-hydrogen) atoms. The Hall–Kier alpha value is -1.91. The van der Waals surface area contributed by atoms with Crippen molar-refractivity contribution in [1.29, 1.82) is 0 Å². The molecule has 0 spiro atoms. The fourth-order valence-corrected chi connectivity index (χ4v) is 2.03. The Kier molecular flexibility index (Phi) is 10.5. The van der Waals surface area contributed by atoms with Gasteiger partial charge in [-0.2, -0.15) is 0 Å². The fourth-order valence-electron chi connectivity index (χ4n) is 2.03. The molecule has 132 valence electrons. The SMILES string of the molecule is CC[C@@H](O)/C=C/C=C\C\C=C/C=C/C=C/[C@@H]1O[C@@H]1CCCC(=O)[O-]. The first-order chi connectivity index (χ1) is 11.6. The summed E-state index contributed by atoms with van der Waals surface area (Å²) in [4.78, 5) is 10.3. The van der Waals surface area contributed by atoms with E-state index in [0.717, 1.165) is 19.3 Å². The molecule has 0 aliphatic carbocycles. The van der Waals surface area contributed by atoms with Crippen LogP contribution in [-0.4, -0.2) is 29.4 Å². The van der Waals surface area contributed by atoms with Gasteiger partial charge in [0, 0.05) is 5.97 Å². The van der Waals surface area contributed by atoms with E-state index >= 15 is 0 Å². The zero-order chi connectivity index (χ0) is 17.6. The van der Waals surface area contributed by atoms with E-state index in [0.29, 0.717) is 6.42 Å². The minimum atomic E-state index is -0.998. The first-order valence-electron chi connectivity index (χ1n) is 8.50. The summed E-state index contributed by atoms with van der Waals surface area (Å²) in [5.74, 6) is -0.998. The minimum Gasteiger partial charge on any atom is -0.550 e. The maximum atomic E-state index is 10.3. The second-order valence-corrected chi connectivity index (χ2v) is 5.63. The van der Waals surface area contributed by atoms with Gasteiger partial charge in [0.2, 0.25) is 0 Å². The average molecular weight is 331 g/mol. The van der Waals surface area contributed by atoms with Crippen LogP contribution in [0.25, 0.3) is 0 Å². The second kappa shape index (κ2) is 12.5. The summed E-state index contributed by atoms with van der Waals surface area (Å²) >= 11 is 0. The molecular weight excluding hydrogens is 304 g/mol. The van der Waals surface area contributed by atoms with Gasteiger partial charge in [0.25, 0.3) is 0 Å². The maximum absolute atomic E-state index is 10.3. The van der Waals surface area contributed by atoms with Crippen LogP contribution in [0.15, 0.2) is 60.8 Å². The zero-order valence-corrected chi connectivity index (χ0v) is 14.2. The number of carboxylic acids is 1. The smallest absolute Gasteiger partial charge is 0.103 e. The molecule has 4 nitrogen and oxygen atoms in total. The van der Waals surface area contributed by atoms with Crippen LogP contribution in [0.2, 0.25) is 0 Å². The summed E-state index contributed by atoms with van der Waals surface area (Å²) in [5.41, 5.74) is 0. The highest BCUT2D eigenvalue weighted by molar-refractivity contribution is 5.64. The Morgan fingerprint density at radius 1 is 1.17 bits per heavy atom. The Morgan fingerprint density at radius 3 is 2.58 bits per heavy atom. The van der Waals surface area contributed by atoms with E-state index in [1.807, 2.05) is 61.6 Å². The monoisotopic (exact) mass is 331 g/mol. The van der Waals surface area contributed by atoms with Crippen molar-refractivity contribution < 1.29 is 19.7 Å². The molecule has 1 aliphatic rings. The van der Waals surface area contributed by atoms with Crippen LogP contribution in [0.1, 0.15) is 39.0 Å². The Bertz CT molecular complexity index is 500. The molecule has 0 aromatic rings. The third-order valence-electron chi connectivity index (χ3n) is 3.53. The van der Waals surface area contributed by atoms with Gasteiger partial charge < -0.3 is 19.7 Å². The molecule has 1 heterocycles. The van der Waals surface area contributed by atoms with Crippen LogP contribution in [0.3, 0.4) is 0 Å². The molecule has 1 rings (SSSR count). The van der Waals surface area contributed by atoms with Gasteiger partial charge >= 0.3 is 0 Å². The number of rotatable bonds is 12. The number of hydrogen-bond acceptors (Lipinski definition) is 4. The van der Waals surface area contributed by atoms with Crippen LogP contribution in [-0.2, 0) is 9.53 Å². The summed E-state index contributed by atoms with van der Waals surface area (Å²) in [6.07, 6.45) is 22.4. The molecule has 0 aromatic carbocycles. The van der Waals surface area contributed by atoms with Crippen LogP contribution >= 0.6 is 0 Å². The normalized spacial score (nSPS) is 22.6. The highest BCUT2D eigenvalue weighted by Crippen LogP contribution is 2.28. The molecule has 4 heteroatoms. The standard InChI is InChI=1S/C20H28O4/c1-2-17(21)13-10-8-6-4-3-5-7-9-11-14-18-19(24-18)15-12-16-20(22)23/h3,5-11,13-14,17-19,21H,2,4,12,15-16H2,1H3,(H,22,23)/p-1/b5-3-,8-6-,9-7+,13-10+,14-11+/t17-,18+,19-/m1/s1. The van der Waals surface area contributed by atoms with Gasteiger partial charge in [0.15, 0.2) is 0 Å². The molecule has 1 N–H and O–H groups in total. The van der Waals surface area contributed by atoms with Gasteiger partial charge in [-0.3, -0.25) is 0 Å². The molecule has 1 aliphatic heterocycles. The molecular formula is C20H27O4-. The number of allylic oxidation sites excluding steroid dienone is 8. The van der Waals surface area contributed by atoms with E-state index < -0.39 is 5.97 Å². The van der Waals surface area contributed by atoms with Gasteiger partial charge in [-0.25, -0.2) is 0 Å². The summed E-state index contributed by atoms with van der Waals surface area (Å²) in [7, 11) is 0. The molecule has 1 saturated heterocycles. The van der Waals surface area contributed by atoms with E-state index in [4.69, 9.17) is 4.74 Å². The number of carbonyl (C=O) groups is 1. The molecule has 0 radical (unpaired) electrons. The van der Waals surface area contributed by atoms with E-state index in [-0.39, 0.29) is 24.7 Å². The number of hydrogen-bond donors (Lipinski definition) is 1. The van der Waals surface area contributed by atoms with Crippen molar-refractivity contribution in [3.05, 3.63) is 60.8 Å². The lowest BCUT2D eigenvalue weighted by atomic mass is 10.1. The van der Waals surface area contributed by atoms with Crippen molar-refractivity contribution in [3.8, 4) is 0 Å². The molecule has 0 amide bonds. The summed E-state index contributed by atoms with van der Waals surface area (Å²) < 4.78 is 5.42. The summed E-state index contributed by atoms with van der Waals surface area (Å²) in [6, 6.07) is 0. The molecule has 0 unspecified atom stereocenters. The van der Waals surface area contributed by atoms with Gasteiger partial charge in [-0.15, -0.1) is 0 Å². The van der Waals surface area contributed by atoms with E-state index in [2.05, 4.69) is 0 Å². The first kappa shape index (κ1) is 20.1. The quantitative estimate of drug-likeness (QED) is 0.441. The third-order valence-corrected chi connectivity index (χ3v) is 3.53. The number of epoxide rings is 1. The topological polar surface area (TPSA) is 72.9 Å². The lowest BCUT2D eigenvalue weighted by Crippen LogP contribution is -2.21. The Morgan fingerprint density at radius 2 is 1.88 bits per heavy atom. The lowest BCUT2D eigenvalue weighted by molar-refractivity contribution is -0.305. The second-order valence-electron chi connectivity index (χ2n) is 5.63. The van der Waals surface area contributed by atoms with Gasteiger partial charge in [0.05, 0.1) is 12.2 Å². The maximum Gasteiger partial charge on any atom is 0.103 e. The Balaban J connectivity index is 2.06. The molecule has 0 aromatic heterocycles. The van der Waals surface area contributed by atoms with Crippen molar-refractivity contribution in [2.24, 2.45) is 0 Å². The van der Waals surface area contributed by atoms with Gasteiger partial charge in [-0.05, 0) is 32.1 Å². The third kappa shape index (κ3) is 10.8. The average Bonchev–Trinajstić information content (AvgIpc) is 3.30. The minimum absolute atomic E-state index is 0.102. The van der Waals surface area contributed by atoms with Crippen molar-refractivity contribution in [2.45, 2.75) is 57.3 Å². The predicted molar refractivity (Wildman–Crippen MR) is 94.1 cm³/mol. The van der Waals surface area contributed by atoms with Crippen molar-refractivity contribution >= 4 is 5.97 Å². The number of ether oxygens (including phenoxy) is 1. The number of carbonyl (C=O) groups excluding carboxylic acids is 1. The van der Waals surface area contributed by atoms with Crippen molar-refractivity contribution in [2.75, 3.05) is 0 Å². The summed E-state index contributed by atoms with van der Waals surface area (Å²) in [5, 5.41) is 19.6. The van der Waals surface area contributed by atoms with Crippen LogP contribution < -0.4 is 5.11 Å². The Labute approximate surface area is 144 Å². The summed E-state index contributed by atoms with van der Waals surface area (Å²) in [6.45, 7) is 1.94. The van der Waals surface area contributed by atoms with E-state index in [1.54, 1.807) is 6.08 Å². The molecule has 0 saturated carbocycles. The van der Waals surface area contributed by atoms with Crippen LogP contribution in [0.4, 0.5) is 0 Å². The molecule has 1 fully saturated rings. The first-order valence-corrected chi connectivity index (χ1v) is 8.50. The largest absolute Gasteiger partial charge is 0.550 e. The van der Waals surface area contributed by atoms with Gasteiger partial charge in [-0.1, -0.05) is 67.7 Å². The highest BCUT2D eigenvalue weighted by atomic mass is 16.6. The number of aliphatic carboxylic acids is 1. The molecule has 3 atom stereocenters. The fraction of sp³-hybridized carbons (Fsp3) is 0.450. The highest BCUT2D eigenvalue weighted by Gasteiger charge is 2.35. The number of aliphatic hydroxyl groups excluding tert-OH is 1. The van der Waals surface area contributed by atoms with E-state index in [9.17, 15) is 15.0 Å². The van der Waals surface area contributed by atoms with E-state index in [1.165, 1.54) is 0 Å². The predicted octanol–water partition coefficient (Wildman–Crippen LogP) is 2.62. The van der Waals surface area contributed by atoms with Crippen molar-refractivity contribution in [1.82, 2.24) is 0 Å². The van der Waals surface area contributed by atoms with Crippen LogP contribution in [0.5, 0.6) is 0 Å². The lowest BCUT2D eigenvalue weighted by Gasteiger charge is -1.98. The number of aliphatic hydroxyl groups is 1. The van der Waals surface area contributed by atoms with Crippen molar-refractivity contribution in [3.63, 3.8) is 0 Å². The molecule has 0 bridgehead atoms. The zero-order valence-electron chi connectivity index (χ0n) is 14.2. The number of carboxylic acid groups (broad SMARTS) is 1. The van der Waals surface area contributed by atoms with Gasteiger partial charge in [0.1, 0.15) is 6.10 Å².